The highest BCUT2D eigenvalue weighted by Gasteiger charge is 2.29. The fourth-order valence-electron chi connectivity index (χ4n) is 2.44. The van der Waals surface area contributed by atoms with Gasteiger partial charge in [-0.25, -0.2) is 4.39 Å². The molecule has 1 aliphatic heterocycles. The molecule has 1 aromatic rings. The van der Waals surface area contributed by atoms with E-state index in [9.17, 15) is 19.1 Å². The van der Waals surface area contributed by atoms with Crippen molar-refractivity contribution in [3.8, 4) is 5.75 Å². The van der Waals surface area contributed by atoms with Crippen LogP contribution < -0.4 is 5.32 Å². The SMILES string of the molecule is COCCN1C[C@H](CNC(=O)c2cccc(F)c2O)CC1=O. The van der Waals surface area contributed by atoms with Gasteiger partial charge in [-0.05, 0) is 12.1 Å². The molecule has 1 aromatic carbocycles. The first-order valence-electron chi connectivity index (χ1n) is 7.05. The van der Waals surface area contributed by atoms with Crippen LogP contribution >= 0.6 is 0 Å². The van der Waals surface area contributed by atoms with Crippen LogP contribution in [0, 0.1) is 11.7 Å². The number of nitrogens with one attached hydrogen (secondary N) is 1. The molecule has 1 saturated heterocycles. The average molecular weight is 310 g/mol. The number of halogens is 1. The Bertz CT molecular complexity index is 564. The van der Waals surface area contributed by atoms with Crippen LogP contribution in [0.4, 0.5) is 4.39 Å². The Hall–Kier alpha value is -2.15. The standard InChI is InChI=1S/C15H19FN2O4/c1-22-6-5-18-9-10(7-13(18)19)8-17-15(21)11-3-2-4-12(16)14(11)20/h2-4,10,20H,5-9H2,1H3,(H,17,21)/t10-/m0/s1. The monoisotopic (exact) mass is 310 g/mol. The van der Waals surface area contributed by atoms with Gasteiger partial charge in [-0.15, -0.1) is 0 Å². The van der Waals surface area contributed by atoms with Crippen molar-refractivity contribution in [2.45, 2.75) is 6.42 Å². The Kier molecular flexibility index (Phi) is 5.32. The smallest absolute Gasteiger partial charge is 0.255 e. The summed E-state index contributed by atoms with van der Waals surface area (Å²) in [6, 6.07) is 3.78. The maximum Gasteiger partial charge on any atom is 0.255 e. The van der Waals surface area contributed by atoms with Crippen LogP contribution in [0.5, 0.6) is 5.75 Å². The van der Waals surface area contributed by atoms with Crippen molar-refractivity contribution in [1.82, 2.24) is 10.2 Å². The topological polar surface area (TPSA) is 78.9 Å². The maximum atomic E-state index is 13.2. The highest BCUT2D eigenvalue weighted by Crippen LogP contribution is 2.21. The molecule has 7 heteroatoms. The third-order valence-electron chi connectivity index (χ3n) is 3.64. The molecule has 1 atom stereocenters. The van der Waals surface area contributed by atoms with E-state index < -0.39 is 17.5 Å². The summed E-state index contributed by atoms with van der Waals surface area (Å²) in [6.45, 7) is 1.86. The number of phenols is 1. The molecule has 0 spiro atoms. The second-order valence-electron chi connectivity index (χ2n) is 5.25. The number of rotatable bonds is 6. The van der Waals surface area contributed by atoms with Gasteiger partial charge < -0.3 is 20.1 Å². The molecule has 2 rings (SSSR count). The van der Waals surface area contributed by atoms with E-state index in [0.29, 0.717) is 32.7 Å². The third-order valence-corrected chi connectivity index (χ3v) is 3.64. The maximum absolute atomic E-state index is 13.2. The van der Waals surface area contributed by atoms with Gasteiger partial charge in [-0.2, -0.15) is 0 Å². The second kappa shape index (κ2) is 7.22. The lowest BCUT2D eigenvalue weighted by Gasteiger charge is -2.16. The van der Waals surface area contributed by atoms with E-state index >= 15 is 0 Å². The number of amides is 2. The Morgan fingerprint density at radius 1 is 1.55 bits per heavy atom. The van der Waals surface area contributed by atoms with E-state index in [1.807, 2.05) is 0 Å². The summed E-state index contributed by atoms with van der Waals surface area (Å²) >= 11 is 0. The lowest BCUT2D eigenvalue weighted by Crippen LogP contribution is -2.32. The third kappa shape index (κ3) is 3.73. The van der Waals surface area contributed by atoms with Gasteiger partial charge in [-0.1, -0.05) is 6.07 Å². The van der Waals surface area contributed by atoms with Crippen molar-refractivity contribution >= 4 is 11.8 Å². The Labute approximate surface area is 127 Å². The quantitative estimate of drug-likeness (QED) is 0.813. The van der Waals surface area contributed by atoms with Crippen molar-refractivity contribution in [3.63, 3.8) is 0 Å². The van der Waals surface area contributed by atoms with Crippen LogP contribution in [0.25, 0.3) is 0 Å². The molecule has 2 amide bonds. The first-order valence-corrected chi connectivity index (χ1v) is 7.05. The summed E-state index contributed by atoms with van der Waals surface area (Å²) < 4.78 is 18.1. The molecule has 2 N–H and O–H groups in total. The van der Waals surface area contributed by atoms with Gasteiger partial charge >= 0.3 is 0 Å². The number of benzene rings is 1. The summed E-state index contributed by atoms with van der Waals surface area (Å²) in [7, 11) is 1.57. The van der Waals surface area contributed by atoms with Crippen molar-refractivity contribution < 1.29 is 23.8 Å². The summed E-state index contributed by atoms with van der Waals surface area (Å²) in [6.07, 6.45) is 0.360. The minimum atomic E-state index is -0.838. The summed E-state index contributed by atoms with van der Waals surface area (Å²) in [4.78, 5) is 25.4. The normalized spacial score (nSPS) is 17.8. The van der Waals surface area contributed by atoms with Gasteiger partial charge in [0.1, 0.15) is 0 Å². The summed E-state index contributed by atoms with van der Waals surface area (Å²) in [5.74, 6) is -2.02. The van der Waals surface area contributed by atoms with Crippen molar-refractivity contribution in [3.05, 3.63) is 29.6 Å². The number of hydrogen-bond acceptors (Lipinski definition) is 4. The molecule has 0 aliphatic carbocycles. The molecule has 0 radical (unpaired) electrons. The zero-order valence-electron chi connectivity index (χ0n) is 12.3. The zero-order chi connectivity index (χ0) is 16.1. The highest BCUT2D eigenvalue weighted by molar-refractivity contribution is 5.96. The summed E-state index contributed by atoms with van der Waals surface area (Å²) in [5, 5.41) is 12.2. The number of aromatic hydroxyl groups is 1. The zero-order valence-corrected chi connectivity index (χ0v) is 12.3. The van der Waals surface area contributed by atoms with Gasteiger partial charge in [-0.3, -0.25) is 9.59 Å². The van der Waals surface area contributed by atoms with Crippen LogP contribution in [0.2, 0.25) is 0 Å². The van der Waals surface area contributed by atoms with E-state index in [1.165, 1.54) is 12.1 Å². The van der Waals surface area contributed by atoms with Gasteiger partial charge in [0, 0.05) is 39.1 Å². The fourth-order valence-corrected chi connectivity index (χ4v) is 2.44. The van der Waals surface area contributed by atoms with E-state index in [-0.39, 0.29) is 17.4 Å². The Balaban J connectivity index is 1.87. The largest absolute Gasteiger partial charge is 0.504 e. The van der Waals surface area contributed by atoms with Crippen LogP contribution in [-0.2, 0) is 9.53 Å². The lowest BCUT2D eigenvalue weighted by atomic mass is 10.1. The van der Waals surface area contributed by atoms with Gasteiger partial charge in [0.05, 0.1) is 12.2 Å². The predicted octanol–water partition coefficient (Wildman–Crippen LogP) is 0.756. The van der Waals surface area contributed by atoms with Gasteiger partial charge in [0.2, 0.25) is 5.91 Å². The number of ether oxygens (including phenoxy) is 1. The van der Waals surface area contributed by atoms with Crippen LogP contribution in [0.3, 0.4) is 0 Å². The second-order valence-corrected chi connectivity index (χ2v) is 5.25. The van der Waals surface area contributed by atoms with E-state index in [4.69, 9.17) is 4.74 Å². The number of carbonyl (C=O) groups excluding carboxylic acids is 2. The molecule has 120 valence electrons. The first kappa shape index (κ1) is 16.2. The van der Waals surface area contributed by atoms with Crippen LogP contribution in [0.1, 0.15) is 16.8 Å². The van der Waals surface area contributed by atoms with E-state index in [2.05, 4.69) is 5.32 Å². The molecule has 6 nitrogen and oxygen atoms in total. The molecule has 0 aromatic heterocycles. The molecule has 0 unspecified atom stereocenters. The van der Waals surface area contributed by atoms with Crippen molar-refractivity contribution in [2.24, 2.45) is 5.92 Å². The number of para-hydroxylation sites is 1. The Morgan fingerprint density at radius 2 is 2.32 bits per heavy atom. The van der Waals surface area contributed by atoms with Crippen LogP contribution in [-0.4, -0.2) is 55.2 Å². The molecule has 1 heterocycles. The van der Waals surface area contributed by atoms with E-state index in [0.717, 1.165) is 6.07 Å². The van der Waals surface area contributed by atoms with Crippen molar-refractivity contribution in [1.29, 1.82) is 0 Å². The number of methoxy groups -OCH3 is 1. The first-order chi connectivity index (χ1) is 10.5. The van der Waals surface area contributed by atoms with Crippen LogP contribution in [0.15, 0.2) is 18.2 Å². The average Bonchev–Trinajstić information content (AvgIpc) is 2.85. The van der Waals surface area contributed by atoms with E-state index in [1.54, 1.807) is 12.0 Å². The number of nitrogens with zero attached hydrogens (tertiary/aromatic N) is 1. The van der Waals surface area contributed by atoms with Gasteiger partial charge in [0.15, 0.2) is 11.6 Å². The number of phenolic OH excluding ortho intramolecular Hbond substituents is 1. The minimum Gasteiger partial charge on any atom is -0.504 e. The van der Waals surface area contributed by atoms with Gasteiger partial charge in [0.25, 0.3) is 5.91 Å². The number of hydrogen-bond donors (Lipinski definition) is 2. The predicted molar refractivity (Wildman–Crippen MR) is 77.0 cm³/mol. The number of likely N-dealkylation sites (tertiary alicyclic amines) is 1. The molecule has 1 fully saturated rings. The number of carbonyl (C=O) groups is 2. The fraction of sp³-hybridized carbons (Fsp3) is 0.467. The lowest BCUT2D eigenvalue weighted by molar-refractivity contribution is -0.128. The molecule has 1 aliphatic rings. The molecule has 0 bridgehead atoms. The highest BCUT2D eigenvalue weighted by atomic mass is 19.1. The molecule has 22 heavy (non-hydrogen) atoms. The minimum absolute atomic E-state index is 0.00371. The molecular weight excluding hydrogens is 291 g/mol. The Morgan fingerprint density at radius 3 is 3.05 bits per heavy atom. The molecule has 0 saturated carbocycles. The summed E-state index contributed by atoms with van der Waals surface area (Å²) in [5.41, 5.74) is -0.111. The van der Waals surface area contributed by atoms with Crippen molar-refractivity contribution in [2.75, 3.05) is 33.4 Å². The molecular formula is C15H19FN2O4.